The summed E-state index contributed by atoms with van der Waals surface area (Å²) in [5.74, 6) is 1.31. The van der Waals surface area contributed by atoms with Crippen LogP contribution in [-0.4, -0.2) is 34.2 Å². The fourth-order valence-corrected chi connectivity index (χ4v) is 2.54. The molecule has 1 aromatic heterocycles. The molecule has 0 saturated carbocycles. The van der Waals surface area contributed by atoms with E-state index < -0.39 is 11.6 Å². The molecular weight excluding hydrogens is 308 g/mol. The van der Waals surface area contributed by atoms with Crippen molar-refractivity contribution in [2.24, 2.45) is 10.2 Å². The summed E-state index contributed by atoms with van der Waals surface area (Å²) >= 11 is 0. The lowest BCUT2D eigenvalue weighted by atomic mass is 10.0. The number of aromatic carboxylic acids is 1. The zero-order valence-corrected chi connectivity index (χ0v) is 12.9. The van der Waals surface area contributed by atoms with Gasteiger partial charge in [0.15, 0.2) is 5.66 Å². The highest BCUT2D eigenvalue weighted by Crippen LogP contribution is 2.36. The minimum absolute atomic E-state index is 0.0926. The maximum Gasteiger partial charge on any atom is 0.352 e. The molecule has 0 unspecified atom stereocenters. The van der Waals surface area contributed by atoms with Crippen molar-refractivity contribution in [3.05, 3.63) is 35.5 Å². The maximum atomic E-state index is 12.2. The topological polar surface area (TPSA) is 107 Å². The Kier molecular flexibility index (Phi) is 4.04. The molecule has 1 aromatic carbocycles. The van der Waals surface area contributed by atoms with Crippen LogP contribution >= 0.6 is 0 Å². The Hall–Kier alpha value is -3.14. The smallest absolute Gasteiger partial charge is 0.352 e. The van der Waals surface area contributed by atoms with Crippen LogP contribution in [0.1, 0.15) is 40.1 Å². The molecule has 1 aliphatic heterocycles. The Morgan fingerprint density at radius 1 is 1.29 bits per heavy atom. The van der Waals surface area contributed by atoms with E-state index >= 15 is 0 Å². The van der Waals surface area contributed by atoms with E-state index in [0.29, 0.717) is 42.3 Å². The number of terminal acetylenes is 1. The lowest BCUT2D eigenvalue weighted by Gasteiger charge is -2.10. The van der Waals surface area contributed by atoms with Crippen LogP contribution in [0.5, 0.6) is 0 Å². The molecular formula is C17H16N4O3. The average Bonchev–Trinajstić information content (AvgIpc) is 3.19. The quantitative estimate of drug-likeness (QED) is 0.681. The molecule has 0 radical (unpaired) electrons. The number of carboxylic acid groups (broad SMARTS) is 1. The summed E-state index contributed by atoms with van der Waals surface area (Å²) in [4.78, 5) is 26.0. The van der Waals surface area contributed by atoms with Gasteiger partial charge < -0.3 is 15.4 Å². The summed E-state index contributed by atoms with van der Waals surface area (Å²) in [5.41, 5.74) is 0.823. The molecule has 0 saturated heterocycles. The number of carboxylic acids is 1. The Morgan fingerprint density at radius 3 is 2.75 bits per heavy atom. The molecule has 7 nitrogen and oxygen atoms in total. The number of nitrogens with one attached hydrogen (secondary N) is 2. The fourth-order valence-electron chi connectivity index (χ4n) is 2.54. The molecule has 0 spiro atoms. The molecule has 1 aliphatic rings. The van der Waals surface area contributed by atoms with Crippen LogP contribution in [0.4, 0.5) is 0 Å². The number of hydrogen-bond donors (Lipinski definition) is 3. The van der Waals surface area contributed by atoms with Gasteiger partial charge in [0.25, 0.3) is 5.91 Å². The first-order valence-electron chi connectivity index (χ1n) is 7.55. The Morgan fingerprint density at radius 2 is 2.08 bits per heavy atom. The van der Waals surface area contributed by atoms with Crippen molar-refractivity contribution >= 4 is 22.8 Å². The third-order valence-corrected chi connectivity index (χ3v) is 3.98. The zero-order chi connectivity index (χ0) is 17.2. The number of amides is 1. The first kappa shape index (κ1) is 15.7. The van der Waals surface area contributed by atoms with Crippen molar-refractivity contribution < 1.29 is 14.7 Å². The number of aromatic amines is 1. The third-order valence-electron chi connectivity index (χ3n) is 3.98. The molecule has 122 valence electrons. The number of hydrogen-bond acceptors (Lipinski definition) is 4. The summed E-state index contributed by atoms with van der Waals surface area (Å²) in [6.45, 7) is 0.446. The predicted molar refractivity (Wildman–Crippen MR) is 87.9 cm³/mol. The highest BCUT2D eigenvalue weighted by molar-refractivity contribution is 6.00. The number of fused-ring (bicyclic) bond motifs is 1. The second-order valence-corrected chi connectivity index (χ2v) is 5.68. The number of nitrogens with zero attached hydrogens (tertiary/aromatic N) is 2. The highest BCUT2D eigenvalue weighted by Gasteiger charge is 2.38. The SMILES string of the molecule is C#CCCC1(CCNC(=O)c2ccc3[nH]c(C(=O)O)cc3c2)N=N1. The summed E-state index contributed by atoms with van der Waals surface area (Å²) in [6.07, 6.45) is 7.17. The number of H-pyrrole nitrogens is 1. The molecule has 7 heteroatoms. The van der Waals surface area contributed by atoms with Gasteiger partial charge in [0.05, 0.1) is 0 Å². The average molecular weight is 324 g/mol. The molecule has 1 amide bonds. The van der Waals surface area contributed by atoms with Crippen molar-refractivity contribution in [3.63, 3.8) is 0 Å². The van der Waals surface area contributed by atoms with Gasteiger partial charge in [-0.05, 0) is 24.3 Å². The minimum Gasteiger partial charge on any atom is -0.477 e. The van der Waals surface area contributed by atoms with Crippen LogP contribution in [0, 0.1) is 12.3 Å². The van der Waals surface area contributed by atoms with Crippen LogP contribution in [0.25, 0.3) is 10.9 Å². The van der Waals surface area contributed by atoms with Gasteiger partial charge in [-0.1, -0.05) is 0 Å². The molecule has 24 heavy (non-hydrogen) atoms. The zero-order valence-electron chi connectivity index (χ0n) is 12.9. The van der Waals surface area contributed by atoms with Crippen molar-refractivity contribution in [1.82, 2.24) is 10.3 Å². The second kappa shape index (κ2) is 6.16. The van der Waals surface area contributed by atoms with Crippen molar-refractivity contribution in [2.75, 3.05) is 6.54 Å². The van der Waals surface area contributed by atoms with Gasteiger partial charge >= 0.3 is 5.97 Å². The Balaban J connectivity index is 1.60. The summed E-state index contributed by atoms with van der Waals surface area (Å²) in [5, 5.41) is 20.5. The van der Waals surface area contributed by atoms with Crippen LogP contribution in [0.15, 0.2) is 34.5 Å². The molecule has 0 atom stereocenters. The molecule has 2 heterocycles. The number of carbonyl (C=O) groups excluding carboxylic acids is 1. The first-order chi connectivity index (χ1) is 11.5. The normalized spacial score (nSPS) is 14.3. The van der Waals surface area contributed by atoms with Crippen LogP contribution in [0.2, 0.25) is 0 Å². The van der Waals surface area contributed by atoms with Gasteiger partial charge in [0, 0.05) is 42.3 Å². The monoisotopic (exact) mass is 324 g/mol. The van der Waals surface area contributed by atoms with E-state index in [2.05, 4.69) is 26.4 Å². The maximum absolute atomic E-state index is 12.2. The predicted octanol–water partition coefficient (Wildman–Crippen LogP) is 2.56. The second-order valence-electron chi connectivity index (χ2n) is 5.68. The van der Waals surface area contributed by atoms with Gasteiger partial charge in [-0.25, -0.2) is 4.79 Å². The summed E-state index contributed by atoms with van der Waals surface area (Å²) in [6, 6.07) is 6.51. The number of aromatic nitrogens is 1. The molecule has 0 bridgehead atoms. The standard InChI is InChI=1S/C17H16N4O3/c1-2-3-6-17(20-21-17)7-8-18-15(22)11-4-5-13-12(9-11)10-14(19-13)16(23)24/h1,4-5,9-10,19H,3,6-8H2,(H,18,22)(H,23,24). The number of rotatable bonds is 7. The molecule has 0 aliphatic carbocycles. The molecule has 3 rings (SSSR count). The van der Waals surface area contributed by atoms with E-state index in [4.69, 9.17) is 11.5 Å². The summed E-state index contributed by atoms with van der Waals surface area (Å²) in [7, 11) is 0. The van der Waals surface area contributed by atoms with E-state index in [9.17, 15) is 9.59 Å². The lowest BCUT2D eigenvalue weighted by molar-refractivity contribution is 0.0691. The van der Waals surface area contributed by atoms with E-state index in [1.165, 1.54) is 6.07 Å². The Bertz CT molecular complexity index is 870. The molecule has 0 fully saturated rings. The van der Waals surface area contributed by atoms with Crippen molar-refractivity contribution in [1.29, 1.82) is 0 Å². The van der Waals surface area contributed by atoms with E-state index in [-0.39, 0.29) is 11.6 Å². The van der Waals surface area contributed by atoms with Crippen LogP contribution in [0.3, 0.4) is 0 Å². The number of carbonyl (C=O) groups is 2. The highest BCUT2D eigenvalue weighted by atomic mass is 16.4. The molecule has 3 N–H and O–H groups in total. The Labute approximate surface area is 138 Å². The number of benzene rings is 1. The summed E-state index contributed by atoms with van der Waals surface area (Å²) < 4.78 is 0. The van der Waals surface area contributed by atoms with Gasteiger partial charge in [-0.15, -0.1) is 12.3 Å². The van der Waals surface area contributed by atoms with Crippen molar-refractivity contribution in [3.8, 4) is 12.3 Å². The first-order valence-corrected chi connectivity index (χ1v) is 7.55. The minimum atomic E-state index is -1.04. The van der Waals surface area contributed by atoms with Gasteiger partial charge in [0.1, 0.15) is 5.69 Å². The van der Waals surface area contributed by atoms with Gasteiger partial charge in [-0.2, -0.15) is 10.2 Å². The lowest BCUT2D eigenvalue weighted by Crippen LogP contribution is -2.28. The van der Waals surface area contributed by atoms with Gasteiger partial charge in [0.2, 0.25) is 0 Å². The van der Waals surface area contributed by atoms with E-state index in [0.717, 1.165) is 0 Å². The van der Waals surface area contributed by atoms with E-state index in [1.807, 2.05) is 0 Å². The fraction of sp³-hybridized carbons (Fsp3) is 0.294. The van der Waals surface area contributed by atoms with Crippen molar-refractivity contribution in [2.45, 2.75) is 24.9 Å². The molecule has 2 aromatic rings. The van der Waals surface area contributed by atoms with Crippen LogP contribution < -0.4 is 5.32 Å². The van der Waals surface area contributed by atoms with Gasteiger partial charge in [-0.3, -0.25) is 4.79 Å². The van der Waals surface area contributed by atoms with E-state index in [1.54, 1.807) is 18.2 Å². The third kappa shape index (κ3) is 3.27. The van der Waals surface area contributed by atoms with Crippen LogP contribution in [-0.2, 0) is 0 Å². The largest absolute Gasteiger partial charge is 0.477 e.